The molecular formula is C19H24IN3OS. The number of amidine groups is 1. The van der Waals surface area contributed by atoms with E-state index in [1.54, 1.807) is 11.3 Å². The quantitative estimate of drug-likeness (QED) is 0.389. The zero-order chi connectivity index (χ0) is 16.8. The number of aliphatic imine (C=N–C) groups is 1. The normalized spacial score (nSPS) is 14.4. The first-order valence-corrected chi connectivity index (χ1v) is 9.35. The SMILES string of the molecule is I.NC(=Nc1ccc(CCCC(=O)N2CCCC2)cc1)c1cccs1. The highest BCUT2D eigenvalue weighted by Gasteiger charge is 2.16. The van der Waals surface area contributed by atoms with Crippen molar-refractivity contribution in [3.8, 4) is 0 Å². The van der Waals surface area contributed by atoms with E-state index in [4.69, 9.17) is 5.73 Å². The van der Waals surface area contributed by atoms with Crippen LogP contribution >= 0.6 is 35.3 Å². The zero-order valence-corrected chi connectivity index (χ0v) is 17.3. The van der Waals surface area contributed by atoms with Crippen LogP contribution in [0.25, 0.3) is 0 Å². The van der Waals surface area contributed by atoms with E-state index in [-0.39, 0.29) is 24.0 Å². The van der Waals surface area contributed by atoms with Crippen molar-refractivity contribution in [1.82, 2.24) is 4.90 Å². The predicted octanol–water partition coefficient (Wildman–Crippen LogP) is 4.35. The lowest BCUT2D eigenvalue weighted by molar-refractivity contribution is -0.130. The summed E-state index contributed by atoms with van der Waals surface area (Å²) in [6.07, 6.45) is 4.77. The molecule has 4 nitrogen and oxygen atoms in total. The maximum absolute atomic E-state index is 12.0. The molecule has 1 amide bonds. The fourth-order valence-corrected chi connectivity index (χ4v) is 3.55. The van der Waals surface area contributed by atoms with Gasteiger partial charge in [0.05, 0.1) is 10.6 Å². The van der Waals surface area contributed by atoms with E-state index in [1.165, 1.54) is 5.56 Å². The molecule has 0 aliphatic carbocycles. The fourth-order valence-electron chi connectivity index (χ4n) is 2.92. The molecule has 2 N–H and O–H groups in total. The summed E-state index contributed by atoms with van der Waals surface area (Å²) in [6, 6.07) is 12.0. The molecule has 0 radical (unpaired) electrons. The van der Waals surface area contributed by atoms with E-state index >= 15 is 0 Å². The number of thiophene rings is 1. The van der Waals surface area contributed by atoms with Gasteiger partial charge in [0.1, 0.15) is 5.84 Å². The van der Waals surface area contributed by atoms with Crippen molar-refractivity contribution in [3.05, 3.63) is 52.2 Å². The minimum Gasteiger partial charge on any atom is -0.383 e. The van der Waals surface area contributed by atoms with Gasteiger partial charge in [-0.25, -0.2) is 4.99 Å². The second-order valence-electron chi connectivity index (χ2n) is 6.08. The molecule has 1 aromatic heterocycles. The Kier molecular flexibility index (Phi) is 7.90. The Hall–Kier alpha value is -1.41. The number of nitrogens with two attached hydrogens (primary N) is 1. The first kappa shape index (κ1) is 19.9. The lowest BCUT2D eigenvalue weighted by Gasteiger charge is -2.14. The van der Waals surface area contributed by atoms with Gasteiger partial charge in [-0.3, -0.25) is 4.79 Å². The predicted molar refractivity (Wildman–Crippen MR) is 115 cm³/mol. The third-order valence-electron chi connectivity index (χ3n) is 4.27. The van der Waals surface area contributed by atoms with Crippen molar-refractivity contribution in [3.63, 3.8) is 0 Å². The molecule has 3 rings (SSSR count). The van der Waals surface area contributed by atoms with E-state index in [9.17, 15) is 4.79 Å². The molecule has 0 unspecified atom stereocenters. The number of halogens is 1. The van der Waals surface area contributed by atoms with Crippen molar-refractivity contribution in [1.29, 1.82) is 0 Å². The van der Waals surface area contributed by atoms with Crippen molar-refractivity contribution in [2.24, 2.45) is 10.7 Å². The Morgan fingerprint density at radius 2 is 1.88 bits per heavy atom. The summed E-state index contributed by atoms with van der Waals surface area (Å²) in [5.41, 5.74) is 8.09. The van der Waals surface area contributed by atoms with E-state index in [0.717, 1.165) is 49.3 Å². The van der Waals surface area contributed by atoms with Crippen LogP contribution in [0.15, 0.2) is 46.8 Å². The minimum absolute atomic E-state index is 0. The minimum atomic E-state index is 0. The zero-order valence-electron chi connectivity index (χ0n) is 14.2. The number of aryl methyl sites for hydroxylation is 1. The Labute approximate surface area is 170 Å². The maximum Gasteiger partial charge on any atom is 0.222 e. The van der Waals surface area contributed by atoms with Gasteiger partial charge in [-0.05, 0) is 54.8 Å². The number of hydrogen-bond acceptors (Lipinski definition) is 3. The summed E-state index contributed by atoms with van der Waals surface area (Å²) < 4.78 is 0. The van der Waals surface area contributed by atoms with Gasteiger partial charge in [0, 0.05) is 19.5 Å². The highest BCUT2D eigenvalue weighted by Crippen LogP contribution is 2.17. The molecule has 1 fully saturated rings. The molecule has 0 bridgehead atoms. The average Bonchev–Trinajstić information content (AvgIpc) is 3.30. The van der Waals surface area contributed by atoms with Crippen LogP contribution in [-0.2, 0) is 11.2 Å². The summed E-state index contributed by atoms with van der Waals surface area (Å²) in [6.45, 7) is 1.88. The van der Waals surface area contributed by atoms with Crippen molar-refractivity contribution >= 4 is 52.7 Å². The molecule has 25 heavy (non-hydrogen) atoms. The van der Waals surface area contributed by atoms with Crippen LogP contribution < -0.4 is 5.73 Å². The number of amides is 1. The van der Waals surface area contributed by atoms with Gasteiger partial charge in [-0.15, -0.1) is 35.3 Å². The Morgan fingerprint density at radius 3 is 2.52 bits per heavy atom. The smallest absolute Gasteiger partial charge is 0.222 e. The highest BCUT2D eigenvalue weighted by molar-refractivity contribution is 14.0. The number of hydrogen-bond donors (Lipinski definition) is 1. The van der Waals surface area contributed by atoms with Crippen molar-refractivity contribution < 1.29 is 4.79 Å². The number of benzene rings is 1. The summed E-state index contributed by atoms with van der Waals surface area (Å²) in [7, 11) is 0. The van der Waals surface area contributed by atoms with Crippen LogP contribution in [0.2, 0.25) is 0 Å². The van der Waals surface area contributed by atoms with Gasteiger partial charge in [0.15, 0.2) is 0 Å². The van der Waals surface area contributed by atoms with Crippen LogP contribution in [0.1, 0.15) is 36.1 Å². The van der Waals surface area contributed by atoms with Gasteiger partial charge in [0.25, 0.3) is 0 Å². The van der Waals surface area contributed by atoms with E-state index < -0.39 is 0 Å². The molecule has 2 heterocycles. The number of carbonyl (C=O) groups excluding carboxylic acids is 1. The number of carbonyl (C=O) groups is 1. The lowest BCUT2D eigenvalue weighted by atomic mass is 10.1. The third-order valence-corrected chi connectivity index (χ3v) is 5.17. The molecule has 134 valence electrons. The molecule has 1 saturated heterocycles. The maximum atomic E-state index is 12.0. The molecule has 1 aromatic carbocycles. The third kappa shape index (κ3) is 5.81. The topological polar surface area (TPSA) is 58.7 Å². The molecule has 6 heteroatoms. The average molecular weight is 469 g/mol. The van der Waals surface area contributed by atoms with Crippen molar-refractivity contribution in [2.75, 3.05) is 13.1 Å². The summed E-state index contributed by atoms with van der Waals surface area (Å²) >= 11 is 1.59. The summed E-state index contributed by atoms with van der Waals surface area (Å²) in [5.74, 6) is 0.853. The van der Waals surface area contributed by atoms with Crippen LogP contribution in [0.3, 0.4) is 0 Å². The van der Waals surface area contributed by atoms with Crippen LogP contribution in [-0.4, -0.2) is 29.7 Å². The standard InChI is InChI=1S/C19H23N3OS.HI/c20-19(17-6-4-14-24-17)21-16-10-8-15(9-11-16)5-3-7-18(23)22-12-1-2-13-22;/h4,6,8-11,14H,1-3,5,7,12-13H2,(H2,20,21);1H. The monoisotopic (exact) mass is 469 g/mol. The first-order chi connectivity index (χ1) is 11.7. The largest absolute Gasteiger partial charge is 0.383 e. The molecule has 0 saturated carbocycles. The number of likely N-dealkylation sites (tertiary alicyclic amines) is 1. The fraction of sp³-hybridized carbons (Fsp3) is 0.368. The molecule has 0 atom stereocenters. The van der Waals surface area contributed by atoms with Gasteiger partial charge in [0.2, 0.25) is 5.91 Å². The Bertz CT molecular complexity index is 692. The molecule has 0 spiro atoms. The lowest BCUT2D eigenvalue weighted by Crippen LogP contribution is -2.27. The molecule has 2 aromatic rings. The van der Waals surface area contributed by atoms with E-state index in [1.807, 2.05) is 34.5 Å². The van der Waals surface area contributed by atoms with E-state index in [0.29, 0.717) is 18.2 Å². The van der Waals surface area contributed by atoms with Gasteiger partial charge in [-0.2, -0.15) is 0 Å². The first-order valence-electron chi connectivity index (χ1n) is 8.47. The van der Waals surface area contributed by atoms with Crippen LogP contribution in [0.5, 0.6) is 0 Å². The second-order valence-corrected chi connectivity index (χ2v) is 7.03. The second kappa shape index (κ2) is 9.91. The molecule has 1 aliphatic rings. The van der Waals surface area contributed by atoms with Gasteiger partial charge < -0.3 is 10.6 Å². The van der Waals surface area contributed by atoms with Crippen LogP contribution in [0.4, 0.5) is 5.69 Å². The summed E-state index contributed by atoms with van der Waals surface area (Å²) in [4.78, 5) is 19.4. The molecular weight excluding hydrogens is 445 g/mol. The van der Waals surface area contributed by atoms with Gasteiger partial charge >= 0.3 is 0 Å². The summed E-state index contributed by atoms with van der Waals surface area (Å²) in [5, 5.41) is 1.99. The Balaban J connectivity index is 0.00000225. The van der Waals surface area contributed by atoms with Crippen LogP contribution in [0, 0.1) is 0 Å². The van der Waals surface area contributed by atoms with Gasteiger partial charge in [-0.1, -0.05) is 18.2 Å². The molecule has 1 aliphatic heterocycles. The number of rotatable bonds is 6. The Morgan fingerprint density at radius 1 is 1.16 bits per heavy atom. The number of nitrogens with zero attached hydrogens (tertiary/aromatic N) is 2. The van der Waals surface area contributed by atoms with Crippen molar-refractivity contribution in [2.45, 2.75) is 32.1 Å². The van der Waals surface area contributed by atoms with E-state index in [2.05, 4.69) is 17.1 Å². The highest BCUT2D eigenvalue weighted by atomic mass is 127.